The number of nitrogens with one attached hydrogen (secondary N) is 2. The van der Waals surface area contributed by atoms with Gasteiger partial charge >= 0.3 is 0 Å². The summed E-state index contributed by atoms with van der Waals surface area (Å²) in [6, 6.07) is 8.15. The summed E-state index contributed by atoms with van der Waals surface area (Å²) in [5, 5.41) is 8.71. The first kappa shape index (κ1) is 23.4. The zero-order valence-corrected chi connectivity index (χ0v) is 20.2. The molecule has 1 fully saturated rings. The molecular formula is C20H28ClIN4OS. The van der Waals surface area contributed by atoms with Crippen LogP contribution in [0.15, 0.2) is 35.5 Å². The molecule has 0 unspecified atom stereocenters. The first-order chi connectivity index (χ1) is 13.1. The summed E-state index contributed by atoms with van der Waals surface area (Å²) in [6.07, 6.45) is 3.77. The summed E-state index contributed by atoms with van der Waals surface area (Å²) >= 11 is 8.23. The van der Waals surface area contributed by atoms with Gasteiger partial charge in [0.15, 0.2) is 5.96 Å². The number of ether oxygens (including phenoxy) is 1. The first-order valence-electron chi connectivity index (χ1n) is 9.39. The number of aryl methyl sites for hydroxylation is 1. The van der Waals surface area contributed by atoms with Crippen LogP contribution in [0.1, 0.15) is 35.2 Å². The van der Waals surface area contributed by atoms with Gasteiger partial charge in [0, 0.05) is 47.8 Å². The van der Waals surface area contributed by atoms with Crippen molar-refractivity contribution in [3.05, 3.63) is 50.9 Å². The van der Waals surface area contributed by atoms with E-state index >= 15 is 0 Å². The number of guanidine groups is 1. The number of halogens is 2. The number of benzene rings is 1. The molecule has 8 heteroatoms. The highest BCUT2D eigenvalue weighted by atomic mass is 127. The maximum atomic E-state index is 6.55. The number of nitrogens with zero attached hydrogens (tertiary/aromatic N) is 2. The lowest BCUT2D eigenvalue weighted by Gasteiger charge is -2.38. The van der Waals surface area contributed by atoms with Crippen molar-refractivity contribution in [2.24, 2.45) is 4.99 Å². The molecule has 5 nitrogen and oxygen atoms in total. The molecule has 154 valence electrons. The van der Waals surface area contributed by atoms with Gasteiger partial charge in [0.25, 0.3) is 0 Å². The van der Waals surface area contributed by atoms with E-state index in [1.165, 1.54) is 10.4 Å². The van der Waals surface area contributed by atoms with Gasteiger partial charge in [0.2, 0.25) is 0 Å². The molecule has 0 atom stereocenters. The normalized spacial score (nSPS) is 16.3. The van der Waals surface area contributed by atoms with Crippen LogP contribution in [-0.2, 0) is 16.7 Å². The van der Waals surface area contributed by atoms with Gasteiger partial charge in [-0.3, -0.25) is 0 Å². The van der Waals surface area contributed by atoms with Crippen molar-refractivity contribution < 1.29 is 4.74 Å². The smallest absolute Gasteiger partial charge is 0.191 e. The summed E-state index contributed by atoms with van der Waals surface area (Å²) in [5.74, 6) is 0.809. The molecule has 0 aliphatic carbocycles. The Labute approximate surface area is 193 Å². The van der Waals surface area contributed by atoms with Crippen LogP contribution >= 0.6 is 46.9 Å². The number of rotatable bonds is 6. The molecule has 2 heterocycles. The summed E-state index contributed by atoms with van der Waals surface area (Å²) < 4.78 is 5.62. The molecule has 1 saturated heterocycles. The predicted octanol–water partition coefficient (Wildman–Crippen LogP) is 4.53. The third kappa shape index (κ3) is 6.05. The lowest BCUT2D eigenvalue weighted by molar-refractivity contribution is 0.0514. The molecule has 2 aromatic rings. The van der Waals surface area contributed by atoms with Gasteiger partial charge in [-0.2, -0.15) is 0 Å². The van der Waals surface area contributed by atoms with E-state index in [9.17, 15) is 0 Å². The van der Waals surface area contributed by atoms with E-state index in [0.717, 1.165) is 55.1 Å². The molecular weight excluding hydrogens is 507 g/mol. The summed E-state index contributed by atoms with van der Waals surface area (Å²) in [7, 11) is 0. The molecule has 2 N–H and O–H groups in total. The largest absolute Gasteiger partial charge is 0.381 e. The molecule has 1 aromatic carbocycles. The van der Waals surface area contributed by atoms with E-state index in [-0.39, 0.29) is 29.4 Å². The third-order valence-electron chi connectivity index (χ3n) is 4.88. The van der Waals surface area contributed by atoms with Crippen molar-refractivity contribution in [3.63, 3.8) is 0 Å². The minimum atomic E-state index is -0.0510. The van der Waals surface area contributed by atoms with Crippen LogP contribution in [0.2, 0.25) is 5.02 Å². The Morgan fingerprint density at radius 1 is 1.29 bits per heavy atom. The molecule has 0 spiro atoms. The van der Waals surface area contributed by atoms with E-state index in [1.54, 1.807) is 11.3 Å². The molecule has 1 aliphatic heterocycles. The van der Waals surface area contributed by atoms with Crippen LogP contribution < -0.4 is 10.6 Å². The van der Waals surface area contributed by atoms with Crippen LogP contribution in [0.25, 0.3) is 0 Å². The van der Waals surface area contributed by atoms with Crippen molar-refractivity contribution >= 4 is 52.9 Å². The minimum Gasteiger partial charge on any atom is -0.381 e. The Morgan fingerprint density at radius 3 is 2.68 bits per heavy atom. The zero-order chi connectivity index (χ0) is 19.1. The molecule has 3 rings (SSSR count). The summed E-state index contributed by atoms with van der Waals surface area (Å²) in [5.41, 5.74) is 1.14. The first-order valence-corrected chi connectivity index (χ1v) is 10.6. The van der Waals surface area contributed by atoms with E-state index in [1.807, 2.05) is 18.3 Å². The van der Waals surface area contributed by atoms with Crippen molar-refractivity contribution in [3.8, 4) is 0 Å². The predicted molar refractivity (Wildman–Crippen MR) is 128 cm³/mol. The Morgan fingerprint density at radius 2 is 2.04 bits per heavy atom. The summed E-state index contributed by atoms with van der Waals surface area (Å²) in [6.45, 7) is 7.79. The average molecular weight is 535 g/mol. The van der Waals surface area contributed by atoms with Crippen molar-refractivity contribution in [2.75, 3.05) is 26.3 Å². The van der Waals surface area contributed by atoms with Gasteiger partial charge in [-0.1, -0.05) is 29.8 Å². The van der Waals surface area contributed by atoms with Crippen LogP contribution in [0.4, 0.5) is 0 Å². The molecule has 0 radical (unpaired) electrons. The van der Waals surface area contributed by atoms with Crippen LogP contribution in [0, 0.1) is 6.92 Å². The number of hydrogen-bond donors (Lipinski definition) is 2. The fourth-order valence-corrected chi connectivity index (χ4v) is 4.46. The van der Waals surface area contributed by atoms with Crippen LogP contribution in [0.5, 0.6) is 0 Å². The molecule has 0 saturated carbocycles. The zero-order valence-electron chi connectivity index (χ0n) is 16.3. The topological polar surface area (TPSA) is 58.5 Å². The highest BCUT2D eigenvalue weighted by Gasteiger charge is 2.36. The van der Waals surface area contributed by atoms with Crippen LogP contribution in [-0.4, -0.2) is 37.2 Å². The number of thiazole rings is 1. The number of aliphatic imine (C=N–C) groups is 1. The van der Waals surface area contributed by atoms with Gasteiger partial charge in [-0.25, -0.2) is 9.98 Å². The van der Waals surface area contributed by atoms with Crippen molar-refractivity contribution in [1.29, 1.82) is 0 Å². The van der Waals surface area contributed by atoms with Gasteiger partial charge < -0.3 is 15.4 Å². The fourth-order valence-electron chi connectivity index (χ4n) is 3.41. The minimum absolute atomic E-state index is 0. The Kier molecular flexibility index (Phi) is 9.46. The Bertz CT molecular complexity index is 777. The second-order valence-electron chi connectivity index (χ2n) is 6.79. The van der Waals surface area contributed by atoms with Gasteiger partial charge in [0.05, 0.1) is 6.54 Å². The third-order valence-corrected chi connectivity index (χ3v) is 6.10. The maximum absolute atomic E-state index is 6.55. The van der Waals surface area contributed by atoms with Gasteiger partial charge in [-0.05, 0) is 38.3 Å². The highest BCUT2D eigenvalue weighted by molar-refractivity contribution is 14.0. The molecule has 0 bridgehead atoms. The standard InChI is InChI=1S/C20H27ClN4OS.HI/c1-3-22-19(24-13-18-23-12-15(2)27-18)25-14-20(8-10-26-11-9-20)16-6-4-5-7-17(16)21;/h4-7,12H,3,8-11,13-14H2,1-2H3,(H2,22,24,25);1H. The quantitative estimate of drug-likeness (QED) is 0.325. The lowest BCUT2D eigenvalue weighted by Crippen LogP contribution is -2.48. The molecule has 28 heavy (non-hydrogen) atoms. The van der Waals surface area contributed by atoms with Gasteiger partial charge in [-0.15, -0.1) is 35.3 Å². The average Bonchev–Trinajstić information content (AvgIpc) is 3.10. The van der Waals surface area contributed by atoms with E-state index in [2.05, 4.69) is 41.6 Å². The SMILES string of the molecule is CCNC(=NCc1ncc(C)s1)NCC1(c2ccccc2Cl)CCOCC1.I. The number of aromatic nitrogens is 1. The maximum Gasteiger partial charge on any atom is 0.191 e. The van der Waals surface area contributed by atoms with Gasteiger partial charge in [0.1, 0.15) is 5.01 Å². The molecule has 1 aromatic heterocycles. The molecule has 1 aliphatic rings. The number of hydrogen-bond acceptors (Lipinski definition) is 4. The van der Waals surface area contributed by atoms with E-state index < -0.39 is 0 Å². The van der Waals surface area contributed by atoms with Crippen molar-refractivity contribution in [1.82, 2.24) is 15.6 Å². The van der Waals surface area contributed by atoms with E-state index in [0.29, 0.717) is 6.54 Å². The Balaban J connectivity index is 0.00000280. The fraction of sp³-hybridized carbons (Fsp3) is 0.500. The second kappa shape index (κ2) is 11.3. The monoisotopic (exact) mass is 534 g/mol. The summed E-state index contributed by atoms with van der Waals surface area (Å²) in [4.78, 5) is 10.3. The molecule has 0 amide bonds. The van der Waals surface area contributed by atoms with E-state index in [4.69, 9.17) is 21.3 Å². The van der Waals surface area contributed by atoms with Crippen molar-refractivity contribution in [2.45, 2.75) is 38.6 Å². The second-order valence-corrected chi connectivity index (χ2v) is 8.51. The lowest BCUT2D eigenvalue weighted by atomic mass is 9.74. The highest BCUT2D eigenvalue weighted by Crippen LogP contribution is 2.38. The Hall–Kier alpha value is -0.900. The van der Waals surface area contributed by atoms with Crippen LogP contribution in [0.3, 0.4) is 0 Å².